The molecule has 1 atom stereocenters. The van der Waals surface area contributed by atoms with Crippen molar-refractivity contribution in [2.45, 2.75) is 85.5 Å². The van der Waals surface area contributed by atoms with Gasteiger partial charge in [0.05, 0.1) is 11.6 Å². The highest BCUT2D eigenvalue weighted by molar-refractivity contribution is 5.79. The van der Waals surface area contributed by atoms with E-state index in [1.54, 1.807) is 0 Å². The minimum absolute atomic E-state index is 0.0517. The number of rotatable bonds is 10. The summed E-state index contributed by atoms with van der Waals surface area (Å²) in [5, 5.41) is 14.0. The Balaban J connectivity index is 1.77. The second kappa shape index (κ2) is 10.7. The zero-order valence-corrected chi connectivity index (χ0v) is 22.4. The third-order valence-electron chi connectivity index (χ3n) is 7.33. The number of benzene rings is 2. The zero-order chi connectivity index (χ0) is 25.9. The number of tetrazole rings is 1. The lowest BCUT2D eigenvalue weighted by Crippen LogP contribution is -2.36. The molecule has 0 saturated carbocycles. The number of nitrogens with zero attached hydrogens (tertiary/aromatic N) is 5. The summed E-state index contributed by atoms with van der Waals surface area (Å²) < 4.78 is 1.96. The van der Waals surface area contributed by atoms with E-state index in [0.717, 1.165) is 41.6 Å². The molecule has 4 rings (SSSR count). The van der Waals surface area contributed by atoms with Crippen molar-refractivity contribution in [1.29, 1.82) is 0 Å². The number of hydrogen-bond acceptors (Lipinski definition) is 5. The zero-order valence-electron chi connectivity index (χ0n) is 22.4. The fourth-order valence-electron chi connectivity index (χ4n) is 4.65. The highest BCUT2D eigenvalue weighted by Crippen LogP contribution is 2.30. The Morgan fingerprint density at radius 3 is 2.39 bits per heavy atom. The predicted molar refractivity (Wildman–Crippen MR) is 145 cm³/mol. The van der Waals surface area contributed by atoms with Crippen LogP contribution in [0.2, 0.25) is 0 Å². The number of H-pyrrole nitrogens is 1. The first-order valence-electron chi connectivity index (χ1n) is 13.0. The molecule has 0 saturated heterocycles. The molecule has 7 nitrogen and oxygen atoms in total. The van der Waals surface area contributed by atoms with E-state index in [0.29, 0.717) is 13.1 Å². The summed E-state index contributed by atoms with van der Waals surface area (Å²) in [6.45, 7) is 14.0. The van der Waals surface area contributed by atoms with Gasteiger partial charge in [0.1, 0.15) is 0 Å². The average molecular weight is 487 g/mol. The van der Waals surface area contributed by atoms with Gasteiger partial charge in [0.25, 0.3) is 5.56 Å². The van der Waals surface area contributed by atoms with Crippen LogP contribution >= 0.6 is 0 Å². The van der Waals surface area contributed by atoms with Crippen LogP contribution in [0, 0.1) is 6.92 Å². The normalized spacial score (nSPS) is 13.0. The fourth-order valence-corrected chi connectivity index (χ4v) is 4.65. The van der Waals surface area contributed by atoms with Crippen LogP contribution < -0.4 is 5.56 Å². The van der Waals surface area contributed by atoms with Gasteiger partial charge in [0, 0.05) is 24.2 Å². The molecule has 0 aliphatic carbocycles. The number of pyridine rings is 1. The minimum Gasteiger partial charge on any atom is -0.322 e. The van der Waals surface area contributed by atoms with Gasteiger partial charge < -0.3 is 4.98 Å². The van der Waals surface area contributed by atoms with Crippen LogP contribution in [0.15, 0.2) is 53.3 Å². The monoisotopic (exact) mass is 486 g/mol. The molecule has 1 N–H and O–H groups in total. The average Bonchev–Trinajstić information content (AvgIpc) is 3.36. The molecule has 190 valence electrons. The SMILES string of the molecule is CCc1ccc2[nH]c(=O)c(CN(Cc3ccc(C)cc3)[C@H](CC)c3nnnn3C(C)(C)CC)cc2c1. The summed E-state index contributed by atoms with van der Waals surface area (Å²) in [5.74, 6) is 0.835. The molecule has 2 aromatic heterocycles. The second-order valence-electron chi connectivity index (χ2n) is 10.3. The van der Waals surface area contributed by atoms with E-state index in [-0.39, 0.29) is 17.1 Å². The topological polar surface area (TPSA) is 79.7 Å². The van der Waals surface area contributed by atoms with Crippen molar-refractivity contribution in [2.24, 2.45) is 0 Å². The molecule has 0 amide bonds. The van der Waals surface area contributed by atoms with Gasteiger partial charge >= 0.3 is 0 Å². The van der Waals surface area contributed by atoms with Crippen LogP contribution in [0.1, 0.15) is 81.6 Å². The molecule has 0 fully saturated rings. The van der Waals surface area contributed by atoms with Crippen molar-refractivity contribution in [3.8, 4) is 0 Å². The van der Waals surface area contributed by atoms with Crippen molar-refractivity contribution in [3.05, 3.63) is 87.0 Å². The number of aryl methyl sites for hydroxylation is 2. The summed E-state index contributed by atoms with van der Waals surface area (Å²) in [6, 6.07) is 16.8. The number of hydrogen-bond donors (Lipinski definition) is 1. The Kier molecular flexibility index (Phi) is 7.69. The van der Waals surface area contributed by atoms with E-state index < -0.39 is 0 Å². The lowest BCUT2D eigenvalue weighted by atomic mass is 10.0. The standard InChI is InChI=1S/C29H38N6O/c1-7-21-14-15-25-23(16-21)17-24(28(36)30-25)19-34(18-22-12-10-20(4)11-13-22)26(8-2)27-31-32-33-35(27)29(5,6)9-3/h10-17,26H,7-9,18-19H2,1-6H3,(H,30,36)/t26-/m1/s1. The molecule has 0 bridgehead atoms. The van der Waals surface area contributed by atoms with Crippen LogP contribution in [0.5, 0.6) is 0 Å². The van der Waals surface area contributed by atoms with Gasteiger partial charge in [-0.15, -0.1) is 5.10 Å². The van der Waals surface area contributed by atoms with E-state index in [2.05, 4.69) is 103 Å². The molecule has 2 aromatic carbocycles. The molecule has 0 aliphatic heterocycles. The Morgan fingerprint density at radius 2 is 1.72 bits per heavy atom. The third-order valence-corrected chi connectivity index (χ3v) is 7.33. The van der Waals surface area contributed by atoms with Crippen LogP contribution in [-0.2, 0) is 25.0 Å². The molecule has 2 heterocycles. The third kappa shape index (κ3) is 5.41. The quantitative estimate of drug-likeness (QED) is 0.312. The maximum atomic E-state index is 13.2. The molecule has 0 radical (unpaired) electrons. The first-order valence-corrected chi connectivity index (χ1v) is 13.0. The van der Waals surface area contributed by atoms with Crippen molar-refractivity contribution in [1.82, 2.24) is 30.1 Å². The maximum absolute atomic E-state index is 13.2. The highest BCUT2D eigenvalue weighted by Gasteiger charge is 2.31. The highest BCUT2D eigenvalue weighted by atomic mass is 16.1. The first kappa shape index (κ1) is 25.8. The van der Waals surface area contributed by atoms with Gasteiger partial charge in [-0.05, 0) is 85.2 Å². The molecule has 0 spiro atoms. The van der Waals surface area contributed by atoms with Crippen LogP contribution in [0.25, 0.3) is 10.9 Å². The molecule has 0 aliphatic rings. The van der Waals surface area contributed by atoms with E-state index in [1.807, 2.05) is 16.8 Å². The number of aromatic nitrogens is 5. The molecular formula is C29H38N6O. The van der Waals surface area contributed by atoms with Gasteiger partial charge in [-0.1, -0.05) is 56.7 Å². The predicted octanol–water partition coefficient (Wildman–Crippen LogP) is 5.68. The summed E-state index contributed by atoms with van der Waals surface area (Å²) in [5.41, 5.74) is 5.02. The van der Waals surface area contributed by atoms with E-state index in [1.165, 1.54) is 16.7 Å². The largest absolute Gasteiger partial charge is 0.322 e. The number of nitrogens with one attached hydrogen (secondary N) is 1. The van der Waals surface area contributed by atoms with Crippen molar-refractivity contribution in [2.75, 3.05) is 0 Å². The van der Waals surface area contributed by atoms with Crippen LogP contribution in [0.4, 0.5) is 0 Å². The van der Waals surface area contributed by atoms with E-state index >= 15 is 0 Å². The van der Waals surface area contributed by atoms with Crippen molar-refractivity contribution in [3.63, 3.8) is 0 Å². The summed E-state index contributed by atoms with van der Waals surface area (Å²) in [4.78, 5) is 18.6. The lowest BCUT2D eigenvalue weighted by Gasteiger charge is -2.33. The minimum atomic E-state index is -0.210. The Labute approximate surface area is 213 Å². The van der Waals surface area contributed by atoms with Gasteiger partial charge in [0.15, 0.2) is 5.82 Å². The molecule has 36 heavy (non-hydrogen) atoms. The summed E-state index contributed by atoms with van der Waals surface area (Å²) >= 11 is 0. The van der Waals surface area contributed by atoms with Crippen LogP contribution in [-0.4, -0.2) is 30.1 Å². The molecule has 7 heteroatoms. The van der Waals surface area contributed by atoms with E-state index in [4.69, 9.17) is 0 Å². The van der Waals surface area contributed by atoms with Crippen molar-refractivity contribution < 1.29 is 0 Å². The second-order valence-corrected chi connectivity index (χ2v) is 10.3. The van der Waals surface area contributed by atoms with E-state index in [9.17, 15) is 4.79 Å². The summed E-state index contributed by atoms with van der Waals surface area (Å²) in [7, 11) is 0. The first-order chi connectivity index (χ1) is 17.2. The smallest absolute Gasteiger partial charge is 0.252 e. The molecule has 0 unspecified atom stereocenters. The van der Waals surface area contributed by atoms with Crippen molar-refractivity contribution >= 4 is 10.9 Å². The Hall–Kier alpha value is -3.32. The summed E-state index contributed by atoms with van der Waals surface area (Å²) in [6.07, 6.45) is 2.68. The maximum Gasteiger partial charge on any atom is 0.252 e. The van der Waals surface area contributed by atoms with Crippen LogP contribution in [0.3, 0.4) is 0 Å². The van der Waals surface area contributed by atoms with Gasteiger partial charge in [-0.3, -0.25) is 9.69 Å². The Morgan fingerprint density at radius 1 is 1.00 bits per heavy atom. The van der Waals surface area contributed by atoms with Gasteiger partial charge in [0.2, 0.25) is 0 Å². The molecular weight excluding hydrogens is 448 g/mol. The lowest BCUT2D eigenvalue weighted by molar-refractivity contribution is 0.150. The number of fused-ring (bicyclic) bond motifs is 1. The Bertz CT molecular complexity index is 1370. The molecule has 4 aromatic rings. The fraction of sp³-hybridized carbons (Fsp3) is 0.448. The number of aromatic amines is 1. The van der Waals surface area contributed by atoms with Gasteiger partial charge in [-0.2, -0.15) is 0 Å². The van der Waals surface area contributed by atoms with Gasteiger partial charge in [-0.25, -0.2) is 4.68 Å².